The fourth-order valence-electron chi connectivity index (χ4n) is 3.83. The molecule has 1 fully saturated rings. The van der Waals surface area contributed by atoms with Crippen LogP contribution in [0.5, 0.6) is 0 Å². The molecule has 2 aliphatic rings. The van der Waals surface area contributed by atoms with Crippen LogP contribution in [0.15, 0.2) is 42.5 Å². The second-order valence-electron chi connectivity index (χ2n) is 7.13. The number of para-hydroxylation sites is 1. The number of anilines is 2. The molecule has 2 aliphatic heterocycles. The maximum Gasteiger partial charge on any atom is 0.256 e. The predicted octanol–water partition coefficient (Wildman–Crippen LogP) is 3.24. The van der Waals surface area contributed by atoms with Crippen LogP contribution in [0.4, 0.5) is 11.4 Å². The van der Waals surface area contributed by atoms with E-state index in [1.807, 2.05) is 13.0 Å². The quantitative estimate of drug-likeness (QED) is 0.864. The summed E-state index contributed by atoms with van der Waals surface area (Å²) in [4.78, 5) is 41.8. The van der Waals surface area contributed by atoms with Crippen LogP contribution in [-0.2, 0) is 9.59 Å². The summed E-state index contributed by atoms with van der Waals surface area (Å²) in [6, 6.07) is 11.8. The van der Waals surface area contributed by atoms with Crippen molar-refractivity contribution >= 4 is 40.7 Å². The maximum atomic E-state index is 13.2. The zero-order valence-corrected chi connectivity index (χ0v) is 16.2. The van der Waals surface area contributed by atoms with Crippen molar-refractivity contribution in [3.63, 3.8) is 0 Å². The van der Waals surface area contributed by atoms with E-state index in [0.29, 0.717) is 34.9 Å². The van der Waals surface area contributed by atoms with Gasteiger partial charge in [0.1, 0.15) is 12.6 Å². The Morgan fingerprint density at radius 2 is 2.00 bits per heavy atom. The van der Waals surface area contributed by atoms with Gasteiger partial charge in [-0.25, -0.2) is 0 Å². The van der Waals surface area contributed by atoms with Gasteiger partial charge in [-0.2, -0.15) is 0 Å². The van der Waals surface area contributed by atoms with Crippen LogP contribution in [0.1, 0.15) is 28.8 Å². The molecule has 1 N–H and O–H groups in total. The summed E-state index contributed by atoms with van der Waals surface area (Å²) >= 11 is 6.20. The number of carbonyl (C=O) groups excluding carboxylic acids is 3. The van der Waals surface area contributed by atoms with Crippen LogP contribution in [0.25, 0.3) is 0 Å². The number of nitrogens with zero attached hydrogens (tertiary/aromatic N) is 2. The SMILES string of the molecule is Cc1ccc(NC(=O)CN2C(=O)[C@@H]3CCCN3C(=O)c3ccccc32)c(Cl)c1. The fraction of sp³-hybridized carbons (Fsp3) is 0.286. The molecular weight excluding hydrogens is 378 g/mol. The van der Waals surface area contributed by atoms with E-state index >= 15 is 0 Å². The van der Waals surface area contributed by atoms with E-state index in [0.717, 1.165) is 12.0 Å². The highest BCUT2D eigenvalue weighted by Gasteiger charge is 2.42. The van der Waals surface area contributed by atoms with E-state index in [1.54, 1.807) is 41.3 Å². The molecule has 3 amide bonds. The molecule has 1 saturated heterocycles. The van der Waals surface area contributed by atoms with E-state index in [1.165, 1.54) is 4.90 Å². The van der Waals surface area contributed by atoms with Crippen LogP contribution >= 0.6 is 11.6 Å². The molecule has 0 aliphatic carbocycles. The molecule has 6 nitrogen and oxygen atoms in total. The number of nitrogens with one attached hydrogen (secondary N) is 1. The molecule has 2 aromatic rings. The van der Waals surface area contributed by atoms with Crippen LogP contribution in [0, 0.1) is 6.92 Å². The van der Waals surface area contributed by atoms with Crippen LogP contribution in [0.2, 0.25) is 5.02 Å². The molecular formula is C21H20ClN3O3. The number of aryl methyl sites for hydroxylation is 1. The van der Waals surface area contributed by atoms with Gasteiger partial charge in [-0.15, -0.1) is 0 Å². The summed E-state index contributed by atoms with van der Waals surface area (Å²) < 4.78 is 0. The smallest absolute Gasteiger partial charge is 0.256 e. The summed E-state index contributed by atoms with van der Waals surface area (Å²) in [5, 5.41) is 3.20. The standard InChI is InChI=1S/C21H20ClN3O3/c1-13-8-9-16(15(22)11-13)23-19(26)12-25-17-6-3-2-5-14(17)20(27)24-10-4-7-18(24)21(25)28/h2-3,5-6,8-9,11,18H,4,7,10,12H2,1H3,(H,23,26)/t18-/m0/s1. The first-order valence-corrected chi connectivity index (χ1v) is 9.61. The molecule has 0 bridgehead atoms. The summed E-state index contributed by atoms with van der Waals surface area (Å²) in [6.07, 6.45) is 1.39. The molecule has 0 radical (unpaired) electrons. The molecule has 4 rings (SSSR count). The van der Waals surface area contributed by atoms with Crippen molar-refractivity contribution < 1.29 is 14.4 Å². The Morgan fingerprint density at radius 1 is 1.21 bits per heavy atom. The summed E-state index contributed by atoms with van der Waals surface area (Å²) in [5.41, 5.74) is 2.39. The number of halogens is 1. The second-order valence-corrected chi connectivity index (χ2v) is 7.54. The summed E-state index contributed by atoms with van der Waals surface area (Å²) in [7, 11) is 0. The highest BCUT2D eigenvalue weighted by Crippen LogP contribution is 2.32. The van der Waals surface area contributed by atoms with Gasteiger partial charge in [-0.3, -0.25) is 14.4 Å². The van der Waals surface area contributed by atoms with Gasteiger partial charge in [-0.1, -0.05) is 29.8 Å². The number of hydrogen-bond donors (Lipinski definition) is 1. The molecule has 0 aromatic heterocycles. The number of hydrogen-bond acceptors (Lipinski definition) is 3. The van der Waals surface area contributed by atoms with Crippen molar-refractivity contribution in [3.8, 4) is 0 Å². The lowest BCUT2D eigenvalue weighted by Gasteiger charge is -2.25. The molecule has 1 atom stereocenters. The lowest BCUT2D eigenvalue weighted by Crippen LogP contribution is -2.47. The Balaban J connectivity index is 1.63. The number of amides is 3. The van der Waals surface area contributed by atoms with E-state index in [4.69, 9.17) is 11.6 Å². The summed E-state index contributed by atoms with van der Waals surface area (Å²) in [5.74, 6) is -0.746. The normalized spacial score (nSPS) is 18.6. The van der Waals surface area contributed by atoms with Gasteiger partial charge in [0.05, 0.1) is 22.0 Å². The van der Waals surface area contributed by atoms with Crippen LogP contribution < -0.4 is 10.2 Å². The number of fused-ring (bicyclic) bond motifs is 2. The van der Waals surface area contributed by atoms with Gasteiger partial charge in [0.2, 0.25) is 11.8 Å². The first-order chi connectivity index (χ1) is 13.5. The predicted molar refractivity (Wildman–Crippen MR) is 108 cm³/mol. The van der Waals surface area contributed by atoms with Crippen molar-refractivity contribution in [1.29, 1.82) is 0 Å². The zero-order chi connectivity index (χ0) is 19.8. The third-order valence-electron chi connectivity index (χ3n) is 5.19. The highest BCUT2D eigenvalue weighted by atomic mass is 35.5. The number of rotatable bonds is 3. The monoisotopic (exact) mass is 397 g/mol. The van der Waals surface area contributed by atoms with E-state index in [2.05, 4.69) is 5.32 Å². The largest absolute Gasteiger partial charge is 0.327 e. The lowest BCUT2D eigenvalue weighted by molar-refractivity contribution is -0.124. The fourth-order valence-corrected chi connectivity index (χ4v) is 4.11. The third kappa shape index (κ3) is 3.24. The van der Waals surface area contributed by atoms with Crippen molar-refractivity contribution in [1.82, 2.24) is 4.90 Å². The minimum atomic E-state index is -0.518. The molecule has 2 aromatic carbocycles. The minimum absolute atomic E-state index is 0.157. The molecule has 0 spiro atoms. The number of carbonyl (C=O) groups is 3. The first kappa shape index (κ1) is 18.5. The van der Waals surface area contributed by atoms with Gasteiger partial charge in [0, 0.05) is 6.54 Å². The minimum Gasteiger partial charge on any atom is -0.327 e. The van der Waals surface area contributed by atoms with Gasteiger partial charge in [0.15, 0.2) is 0 Å². The maximum absolute atomic E-state index is 13.2. The second kappa shape index (κ2) is 7.28. The average molecular weight is 398 g/mol. The highest BCUT2D eigenvalue weighted by molar-refractivity contribution is 6.33. The van der Waals surface area contributed by atoms with Gasteiger partial charge < -0.3 is 15.1 Å². The average Bonchev–Trinajstić information content (AvgIpc) is 3.14. The van der Waals surface area contributed by atoms with E-state index in [-0.39, 0.29) is 24.3 Å². The topological polar surface area (TPSA) is 69.7 Å². The molecule has 0 unspecified atom stereocenters. The van der Waals surface area contributed by atoms with Crippen molar-refractivity contribution in [2.75, 3.05) is 23.3 Å². The Morgan fingerprint density at radius 3 is 2.79 bits per heavy atom. The van der Waals surface area contributed by atoms with Crippen LogP contribution in [0.3, 0.4) is 0 Å². The zero-order valence-electron chi connectivity index (χ0n) is 15.4. The number of benzene rings is 2. The molecule has 144 valence electrons. The Hall–Kier alpha value is -2.86. The Bertz CT molecular complexity index is 975. The molecule has 28 heavy (non-hydrogen) atoms. The van der Waals surface area contributed by atoms with E-state index in [9.17, 15) is 14.4 Å². The van der Waals surface area contributed by atoms with Gasteiger partial charge in [-0.05, 0) is 49.6 Å². The molecule has 7 heteroatoms. The van der Waals surface area contributed by atoms with Crippen LogP contribution in [-0.4, -0.2) is 41.8 Å². The third-order valence-corrected chi connectivity index (χ3v) is 5.50. The van der Waals surface area contributed by atoms with Gasteiger partial charge >= 0.3 is 0 Å². The Kier molecular flexibility index (Phi) is 4.81. The lowest BCUT2D eigenvalue weighted by atomic mass is 10.1. The van der Waals surface area contributed by atoms with E-state index < -0.39 is 6.04 Å². The van der Waals surface area contributed by atoms with Crippen molar-refractivity contribution in [2.24, 2.45) is 0 Å². The van der Waals surface area contributed by atoms with Crippen molar-refractivity contribution in [2.45, 2.75) is 25.8 Å². The van der Waals surface area contributed by atoms with Crippen molar-refractivity contribution in [3.05, 3.63) is 58.6 Å². The molecule has 0 saturated carbocycles. The summed E-state index contributed by atoms with van der Waals surface area (Å²) in [6.45, 7) is 2.29. The van der Waals surface area contributed by atoms with Gasteiger partial charge in [0.25, 0.3) is 5.91 Å². The molecule has 2 heterocycles. The Labute approximate surface area is 168 Å². The first-order valence-electron chi connectivity index (χ1n) is 9.23.